The number of nitrogens with zero attached hydrogens (tertiary/aromatic N) is 3. The Morgan fingerprint density at radius 1 is 1.25 bits per heavy atom. The van der Waals surface area contributed by atoms with E-state index in [4.69, 9.17) is 9.72 Å². The number of anilines is 1. The van der Waals surface area contributed by atoms with Gasteiger partial charge in [-0.1, -0.05) is 30.3 Å². The smallest absolute Gasteiger partial charge is 0.320 e. The summed E-state index contributed by atoms with van der Waals surface area (Å²) in [7, 11) is 0. The molecule has 3 heterocycles. The summed E-state index contributed by atoms with van der Waals surface area (Å²) in [4.78, 5) is 17.4. The molecule has 7 heteroatoms. The van der Waals surface area contributed by atoms with Crippen LogP contribution in [0.25, 0.3) is 10.9 Å². The molecule has 1 saturated carbocycles. The first-order chi connectivity index (χ1) is 13.7. The number of rotatable bonds is 2. The molecule has 0 spiro atoms. The molecule has 2 amide bonds. The van der Waals surface area contributed by atoms with Crippen LogP contribution in [0.3, 0.4) is 0 Å². The quantitative estimate of drug-likeness (QED) is 0.717. The molecule has 0 radical (unpaired) electrons. The van der Waals surface area contributed by atoms with Gasteiger partial charge in [-0.05, 0) is 30.9 Å². The maximum absolute atomic E-state index is 12.6. The fraction of sp³-hybridized carbons (Fsp3) is 0.381. The number of hydrogen-bond donors (Lipinski definition) is 2. The number of aryl methyl sites for hydroxylation is 1. The highest BCUT2D eigenvalue weighted by atomic mass is 16.5. The van der Waals surface area contributed by atoms with Crippen LogP contribution in [0.1, 0.15) is 36.6 Å². The monoisotopic (exact) mass is 377 g/mol. The van der Waals surface area contributed by atoms with Crippen LogP contribution in [0.4, 0.5) is 10.6 Å². The third kappa shape index (κ3) is 3.11. The Morgan fingerprint density at radius 2 is 2.11 bits per heavy atom. The van der Waals surface area contributed by atoms with E-state index in [-0.39, 0.29) is 12.1 Å². The first kappa shape index (κ1) is 17.2. The average molecular weight is 377 g/mol. The molecular formula is C21H23N5O2. The Kier molecular flexibility index (Phi) is 4.24. The highest BCUT2D eigenvalue weighted by Crippen LogP contribution is 2.49. The van der Waals surface area contributed by atoms with Crippen molar-refractivity contribution in [2.75, 3.05) is 18.5 Å². The van der Waals surface area contributed by atoms with Crippen molar-refractivity contribution in [3.8, 4) is 0 Å². The maximum atomic E-state index is 12.6. The van der Waals surface area contributed by atoms with E-state index < -0.39 is 0 Å². The molecule has 5 rings (SSSR count). The summed E-state index contributed by atoms with van der Waals surface area (Å²) in [5.74, 6) is 1.37. The van der Waals surface area contributed by atoms with Gasteiger partial charge in [-0.25, -0.2) is 9.78 Å². The number of amides is 2. The van der Waals surface area contributed by atoms with Crippen LogP contribution in [0.15, 0.2) is 42.6 Å². The first-order valence-electron chi connectivity index (χ1n) is 9.79. The average Bonchev–Trinajstić information content (AvgIpc) is 3.35. The van der Waals surface area contributed by atoms with E-state index in [1.807, 2.05) is 47.3 Å². The minimum atomic E-state index is -0.286. The van der Waals surface area contributed by atoms with Crippen molar-refractivity contribution < 1.29 is 9.53 Å². The third-order valence-electron chi connectivity index (χ3n) is 5.58. The van der Waals surface area contributed by atoms with Gasteiger partial charge in [-0.3, -0.25) is 10.00 Å². The molecule has 2 N–H and O–H groups in total. The summed E-state index contributed by atoms with van der Waals surface area (Å²) in [5, 5.41) is 11.4. The molecule has 1 fully saturated rings. The van der Waals surface area contributed by atoms with Gasteiger partial charge >= 0.3 is 6.03 Å². The van der Waals surface area contributed by atoms with Crippen LogP contribution < -0.4 is 10.6 Å². The van der Waals surface area contributed by atoms with Gasteiger partial charge in [0.25, 0.3) is 0 Å². The van der Waals surface area contributed by atoms with Crippen molar-refractivity contribution in [3.63, 3.8) is 0 Å². The van der Waals surface area contributed by atoms with Crippen molar-refractivity contribution in [3.05, 3.63) is 53.9 Å². The fourth-order valence-electron chi connectivity index (χ4n) is 4.03. The fourth-order valence-corrected chi connectivity index (χ4v) is 4.03. The molecule has 0 unspecified atom stereocenters. The van der Waals surface area contributed by atoms with Crippen molar-refractivity contribution in [2.45, 2.75) is 31.8 Å². The van der Waals surface area contributed by atoms with E-state index in [1.165, 1.54) is 0 Å². The molecule has 7 nitrogen and oxygen atoms in total. The topological polar surface area (TPSA) is 81.1 Å². The Labute approximate surface area is 163 Å². The van der Waals surface area contributed by atoms with Crippen LogP contribution in [-0.4, -0.2) is 34.0 Å². The highest BCUT2D eigenvalue weighted by Gasteiger charge is 2.42. The number of nitrogens with one attached hydrogen (secondary N) is 2. The molecule has 1 aromatic carbocycles. The minimum absolute atomic E-state index is 0.205. The van der Waals surface area contributed by atoms with Crippen molar-refractivity contribution in [1.82, 2.24) is 20.1 Å². The molecule has 3 aromatic rings. The van der Waals surface area contributed by atoms with Gasteiger partial charge in [0.2, 0.25) is 0 Å². The number of carbonyl (C=O) groups is 1. The summed E-state index contributed by atoms with van der Waals surface area (Å²) in [5.41, 5.74) is 3.11. The second-order valence-electron chi connectivity index (χ2n) is 7.49. The normalized spacial score (nSPS) is 24.5. The van der Waals surface area contributed by atoms with E-state index in [2.05, 4.69) is 22.7 Å². The van der Waals surface area contributed by atoms with Gasteiger partial charge in [0, 0.05) is 17.8 Å². The predicted octanol–water partition coefficient (Wildman–Crippen LogP) is 3.45. The zero-order chi connectivity index (χ0) is 19.1. The number of pyridine rings is 1. The molecule has 28 heavy (non-hydrogen) atoms. The lowest BCUT2D eigenvalue weighted by Gasteiger charge is -2.20. The number of fused-ring (bicyclic) bond motifs is 6. The molecular weight excluding hydrogens is 354 g/mol. The molecule has 0 saturated heterocycles. The summed E-state index contributed by atoms with van der Waals surface area (Å²) in [6.45, 7) is 3.98. The van der Waals surface area contributed by atoms with Gasteiger partial charge < -0.3 is 10.1 Å². The number of urea groups is 1. The minimum Gasteiger partial charge on any atom is -0.379 e. The zero-order valence-corrected chi connectivity index (χ0v) is 15.8. The Bertz CT molecular complexity index is 1020. The number of ether oxygens (including phenoxy) is 1. The largest absolute Gasteiger partial charge is 0.379 e. The number of aromatic nitrogens is 3. The van der Waals surface area contributed by atoms with Crippen molar-refractivity contribution in [1.29, 1.82) is 0 Å². The highest BCUT2D eigenvalue weighted by molar-refractivity contribution is 5.92. The zero-order valence-electron chi connectivity index (χ0n) is 15.8. The van der Waals surface area contributed by atoms with Gasteiger partial charge in [0.15, 0.2) is 0 Å². The predicted molar refractivity (Wildman–Crippen MR) is 106 cm³/mol. The van der Waals surface area contributed by atoms with E-state index in [9.17, 15) is 4.79 Å². The lowest BCUT2D eigenvalue weighted by Crippen LogP contribution is -2.35. The number of hydrogen-bond acceptors (Lipinski definition) is 4. The maximum Gasteiger partial charge on any atom is 0.320 e. The van der Waals surface area contributed by atoms with E-state index in [0.717, 1.165) is 35.1 Å². The van der Waals surface area contributed by atoms with E-state index in [0.29, 0.717) is 30.9 Å². The summed E-state index contributed by atoms with van der Waals surface area (Å²) in [6, 6.07) is 11.3. The molecule has 2 aliphatic rings. The summed E-state index contributed by atoms with van der Waals surface area (Å²) in [6.07, 6.45) is 2.90. The van der Waals surface area contributed by atoms with Crippen LogP contribution in [0.5, 0.6) is 0 Å². The molecule has 1 aliphatic carbocycles. The van der Waals surface area contributed by atoms with Gasteiger partial charge in [-0.2, -0.15) is 5.10 Å². The third-order valence-corrected chi connectivity index (χ3v) is 5.58. The Balaban J connectivity index is 1.51. The molecule has 2 aromatic heterocycles. The van der Waals surface area contributed by atoms with Gasteiger partial charge in [0.1, 0.15) is 5.82 Å². The van der Waals surface area contributed by atoms with E-state index in [1.54, 1.807) is 0 Å². The SMILES string of the molecule is CCn1ncc2cc3nc(c21)[C@@H]1C[C@@H]1COC[C@H](c1ccccc1)NC(=O)N3. The lowest BCUT2D eigenvalue weighted by molar-refractivity contribution is 0.104. The van der Waals surface area contributed by atoms with Crippen molar-refractivity contribution >= 4 is 22.8 Å². The molecule has 3 atom stereocenters. The number of carbonyl (C=O) groups excluding carboxylic acids is 1. The number of benzene rings is 1. The molecule has 1 aliphatic heterocycles. The first-order valence-corrected chi connectivity index (χ1v) is 9.79. The van der Waals surface area contributed by atoms with Crippen LogP contribution in [0.2, 0.25) is 0 Å². The molecule has 2 bridgehead atoms. The van der Waals surface area contributed by atoms with Crippen LogP contribution in [0, 0.1) is 5.92 Å². The lowest BCUT2D eigenvalue weighted by atomic mass is 10.1. The van der Waals surface area contributed by atoms with Crippen LogP contribution in [-0.2, 0) is 11.3 Å². The molecule has 144 valence electrons. The Morgan fingerprint density at radius 3 is 2.93 bits per heavy atom. The van der Waals surface area contributed by atoms with Crippen molar-refractivity contribution in [2.24, 2.45) is 5.92 Å². The van der Waals surface area contributed by atoms with E-state index >= 15 is 0 Å². The summed E-state index contributed by atoms with van der Waals surface area (Å²) < 4.78 is 7.99. The Hall–Kier alpha value is -2.93. The summed E-state index contributed by atoms with van der Waals surface area (Å²) >= 11 is 0. The van der Waals surface area contributed by atoms with Gasteiger partial charge in [-0.15, -0.1) is 0 Å². The standard InChI is InChI=1S/C21H23N5O2/c1-2-26-20-14(10-22-26)9-18-24-19(20)16-8-15(16)11-28-12-17(23-21(27)25-18)13-6-4-3-5-7-13/h3-7,9-10,15-17H,2,8,11-12H2,1H3,(H2,23,24,25,27)/t15-,16-,17-/m1/s1. The van der Waals surface area contributed by atoms with Crippen LogP contribution >= 0.6 is 0 Å². The van der Waals surface area contributed by atoms with Gasteiger partial charge in [0.05, 0.1) is 36.7 Å². The second kappa shape index (κ2) is 6.91. The second-order valence-corrected chi connectivity index (χ2v) is 7.49.